The second-order valence-corrected chi connectivity index (χ2v) is 4.44. The molecule has 0 aliphatic carbocycles. The summed E-state index contributed by atoms with van der Waals surface area (Å²) < 4.78 is 0. The number of H-pyrrole nitrogens is 1. The lowest BCUT2D eigenvalue weighted by Crippen LogP contribution is -2.03. The average molecular weight is 213 g/mol. The van der Waals surface area contributed by atoms with Crippen molar-refractivity contribution >= 4 is 5.69 Å². The van der Waals surface area contributed by atoms with Crippen LogP contribution < -0.4 is 5.32 Å². The fourth-order valence-electron chi connectivity index (χ4n) is 2.51. The Balaban J connectivity index is 2.31. The van der Waals surface area contributed by atoms with Crippen molar-refractivity contribution in [1.82, 2.24) is 10.2 Å². The summed E-state index contributed by atoms with van der Waals surface area (Å²) in [5, 5.41) is 10.7. The van der Waals surface area contributed by atoms with Crippen molar-refractivity contribution in [3.8, 4) is 11.1 Å². The Bertz CT molecular complexity index is 540. The number of hydrogen-bond donors (Lipinski definition) is 2. The summed E-state index contributed by atoms with van der Waals surface area (Å²) in [6.07, 6.45) is 2.94. The Morgan fingerprint density at radius 1 is 1.25 bits per heavy atom. The molecule has 1 aromatic heterocycles. The molecule has 0 radical (unpaired) electrons. The number of nitrogens with zero attached hydrogens (tertiary/aromatic N) is 1. The fraction of sp³-hybridized carbons (Fsp3) is 0.308. The Kier molecular flexibility index (Phi) is 1.99. The second-order valence-electron chi connectivity index (χ2n) is 4.44. The zero-order valence-electron chi connectivity index (χ0n) is 9.59. The molecule has 3 rings (SSSR count). The zero-order valence-corrected chi connectivity index (χ0v) is 9.59. The van der Waals surface area contributed by atoms with Crippen molar-refractivity contribution in [2.24, 2.45) is 0 Å². The Morgan fingerprint density at radius 2 is 2.12 bits per heavy atom. The normalized spacial score (nSPS) is 13.6. The maximum Gasteiger partial charge on any atom is 0.0569 e. The highest BCUT2D eigenvalue weighted by molar-refractivity contribution is 5.83. The first-order valence-electron chi connectivity index (χ1n) is 5.63. The molecule has 1 aliphatic rings. The molecule has 16 heavy (non-hydrogen) atoms. The number of rotatable bonds is 0. The molecule has 2 heterocycles. The van der Waals surface area contributed by atoms with Gasteiger partial charge in [-0.2, -0.15) is 5.10 Å². The largest absolute Gasteiger partial charge is 0.384 e. The van der Waals surface area contributed by atoms with Gasteiger partial charge in [0.05, 0.1) is 6.20 Å². The number of fused-ring (bicyclic) bond motifs is 3. The summed E-state index contributed by atoms with van der Waals surface area (Å²) in [6, 6.07) is 4.44. The molecule has 3 heteroatoms. The van der Waals surface area contributed by atoms with E-state index < -0.39 is 0 Å². The Morgan fingerprint density at radius 3 is 3.00 bits per heavy atom. The van der Waals surface area contributed by atoms with Crippen molar-refractivity contribution in [3.05, 3.63) is 35.2 Å². The van der Waals surface area contributed by atoms with Crippen LogP contribution in [0.5, 0.6) is 0 Å². The summed E-state index contributed by atoms with van der Waals surface area (Å²) in [4.78, 5) is 0. The van der Waals surface area contributed by atoms with Gasteiger partial charge >= 0.3 is 0 Å². The van der Waals surface area contributed by atoms with Gasteiger partial charge in [0.15, 0.2) is 0 Å². The van der Waals surface area contributed by atoms with E-state index in [1.54, 1.807) is 0 Å². The molecule has 1 aliphatic heterocycles. The number of aromatic amines is 1. The number of aromatic nitrogens is 2. The third-order valence-electron chi connectivity index (χ3n) is 3.16. The van der Waals surface area contributed by atoms with E-state index in [1.807, 2.05) is 6.20 Å². The number of benzene rings is 1. The molecule has 0 atom stereocenters. The number of nitrogens with one attached hydrogen (secondary N) is 2. The number of anilines is 1. The maximum absolute atomic E-state index is 4.16. The quantitative estimate of drug-likeness (QED) is 0.706. The molecule has 82 valence electrons. The Hall–Kier alpha value is -1.77. The van der Waals surface area contributed by atoms with Gasteiger partial charge in [-0.05, 0) is 31.0 Å². The van der Waals surface area contributed by atoms with Gasteiger partial charge in [0.2, 0.25) is 0 Å². The SMILES string of the molecule is Cc1cc(C)c2c(c1)NCCc1[nH]ncc1-2. The van der Waals surface area contributed by atoms with Crippen molar-refractivity contribution in [1.29, 1.82) is 0 Å². The summed E-state index contributed by atoms with van der Waals surface area (Å²) in [7, 11) is 0. The molecular formula is C13H15N3. The van der Waals surface area contributed by atoms with E-state index in [4.69, 9.17) is 0 Å². The van der Waals surface area contributed by atoms with Gasteiger partial charge in [0, 0.05) is 35.5 Å². The fourth-order valence-corrected chi connectivity index (χ4v) is 2.51. The number of aryl methyl sites for hydroxylation is 2. The van der Waals surface area contributed by atoms with Crippen LogP contribution >= 0.6 is 0 Å². The summed E-state index contributed by atoms with van der Waals surface area (Å²) in [5.41, 5.74) is 7.63. The predicted molar refractivity (Wildman–Crippen MR) is 65.7 cm³/mol. The molecule has 0 spiro atoms. The topological polar surface area (TPSA) is 40.7 Å². The molecule has 2 N–H and O–H groups in total. The van der Waals surface area contributed by atoms with Gasteiger partial charge in [-0.15, -0.1) is 0 Å². The van der Waals surface area contributed by atoms with Gasteiger partial charge in [-0.25, -0.2) is 0 Å². The first-order chi connectivity index (χ1) is 7.75. The standard InChI is InChI=1S/C13H15N3/c1-8-5-9(2)13-10-7-15-16-11(10)3-4-14-12(13)6-8/h5-7,14H,3-4H2,1-2H3,(H,15,16). The molecule has 0 bridgehead atoms. The van der Waals surface area contributed by atoms with Crippen molar-refractivity contribution in [2.75, 3.05) is 11.9 Å². The van der Waals surface area contributed by atoms with E-state index in [2.05, 4.69) is 41.5 Å². The van der Waals surface area contributed by atoms with Gasteiger partial charge in [0.25, 0.3) is 0 Å². The predicted octanol–water partition coefficient (Wildman–Crippen LogP) is 2.66. The van der Waals surface area contributed by atoms with E-state index in [9.17, 15) is 0 Å². The minimum Gasteiger partial charge on any atom is -0.384 e. The third-order valence-corrected chi connectivity index (χ3v) is 3.16. The molecule has 0 saturated carbocycles. The zero-order chi connectivity index (χ0) is 11.1. The third kappa shape index (κ3) is 1.32. The lowest BCUT2D eigenvalue weighted by atomic mass is 9.97. The molecule has 0 fully saturated rings. The van der Waals surface area contributed by atoms with Gasteiger partial charge in [-0.3, -0.25) is 5.10 Å². The van der Waals surface area contributed by atoms with Crippen LogP contribution in [0.4, 0.5) is 5.69 Å². The van der Waals surface area contributed by atoms with Gasteiger partial charge < -0.3 is 5.32 Å². The molecule has 1 aromatic carbocycles. The minimum atomic E-state index is 0.963. The molecular weight excluding hydrogens is 198 g/mol. The summed E-state index contributed by atoms with van der Waals surface area (Å²) >= 11 is 0. The summed E-state index contributed by atoms with van der Waals surface area (Å²) in [5.74, 6) is 0. The monoisotopic (exact) mass is 213 g/mol. The smallest absolute Gasteiger partial charge is 0.0569 e. The molecule has 3 nitrogen and oxygen atoms in total. The Labute approximate surface area is 94.9 Å². The van der Waals surface area contributed by atoms with Crippen LogP contribution in [0.3, 0.4) is 0 Å². The lowest BCUT2D eigenvalue weighted by molar-refractivity contribution is 0.936. The molecule has 0 unspecified atom stereocenters. The first-order valence-corrected chi connectivity index (χ1v) is 5.63. The maximum atomic E-state index is 4.16. The van der Waals surface area contributed by atoms with Crippen molar-refractivity contribution in [2.45, 2.75) is 20.3 Å². The summed E-state index contributed by atoms with van der Waals surface area (Å²) in [6.45, 7) is 5.26. The van der Waals surface area contributed by atoms with Crippen molar-refractivity contribution in [3.63, 3.8) is 0 Å². The number of hydrogen-bond acceptors (Lipinski definition) is 2. The minimum absolute atomic E-state index is 0.963. The average Bonchev–Trinajstić information content (AvgIpc) is 2.59. The highest BCUT2D eigenvalue weighted by atomic mass is 15.1. The van der Waals surface area contributed by atoms with Crippen LogP contribution in [0.2, 0.25) is 0 Å². The van der Waals surface area contributed by atoms with Crippen LogP contribution in [-0.2, 0) is 6.42 Å². The van der Waals surface area contributed by atoms with Crippen LogP contribution in [-0.4, -0.2) is 16.7 Å². The second kappa shape index (κ2) is 3.37. The van der Waals surface area contributed by atoms with Crippen LogP contribution in [0.15, 0.2) is 18.3 Å². The molecule has 0 saturated heterocycles. The van der Waals surface area contributed by atoms with E-state index in [1.165, 1.54) is 33.6 Å². The van der Waals surface area contributed by atoms with E-state index in [0.29, 0.717) is 0 Å². The lowest BCUT2D eigenvalue weighted by Gasteiger charge is -2.12. The highest BCUT2D eigenvalue weighted by Crippen LogP contribution is 2.35. The van der Waals surface area contributed by atoms with Crippen LogP contribution in [0.1, 0.15) is 16.8 Å². The van der Waals surface area contributed by atoms with E-state index >= 15 is 0 Å². The van der Waals surface area contributed by atoms with E-state index in [-0.39, 0.29) is 0 Å². The highest BCUT2D eigenvalue weighted by Gasteiger charge is 2.17. The van der Waals surface area contributed by atoms with Crippen molar-refractivity contribution < 1.29 is 0 Å². The molecule has 2 aromatic rings. The van der Waals surface area contributed by atoms with Crippen LogP contribution in [0, 0.1) is 13.8 Å². The first kappa shape index (κ1) is 9.46. The van der Waals surface area contributed by atoms with E-state index in [0.717, 1.165) is 13.0 Å². The van der Waals surface area contributed by atoms with Gasteiger partial charge in [-0.1, -0.05) is 6.07 Å². The van der Waals surface area contributed by atoms with Crippen LogP contribution in [0.25, 0.3) is 11.1 Å². The molecule has 0 amide bonds. The van der Waals surface area contributed by atoms with Gasteiger partial charge in [0.1, 0.15) is 0 Å².